The van der Waals surface area contributed by atoms with Gasteiger partial charge < -0.3 is 10.1 Å². The van der Waals surface area contributed by atoms with Crippen molar-refractivity contribution >= 4 is 5.69 Å². The van der Waals surface area contributed by atoms with Crippen LogP contribution in [0.4, 0.5) is 18.9 Å². The SMILES string of the molecule is CNc1ccccc1OC(F)(F)F. The van der Waals surface area contributed by atoms with Gasteiger partial charge in [-0.1, -0.05) is 12.1 Å². The van der Waals surface area contributed by atoms with Gasteiger partial charge in [-0.15, -0.1) is 13.2 Å². The molecule has 13 heavy (non-hydrogen) atoms. The monoisotopic (exact) mass is 191 g/mol. The predicted molar refractivity (Wildman–Crippen MR) is 42.7 cm³/mol. The number of hydrogen-bond acceptors (Lipinski definition) is 2. The number of para-hydroxylation sites is 2. The number of rotatable bonds is 2. The van der Waals surface area contributed by atoms with Crippen molar-refractivity contribution in [2.75, 3.05) is 12.4 Å². The summed E-state index contributed by atoms with van der Waals surface area (Å²) < 4.78 is 39.2. The van der Waals surface area contributed by atoms with Gasteiger partial charge in [0.25, 0.3) is 0 Å². The van der Waals surface area contributed by atoms with Gasteiger partial charge in [0, 0.05) is 7.05 Å². The van der Waals surface area contributed by atoms with E-state index in [1.807, 2.05) is 0 Å². The van der Waals surface area contributed by atoms with E-state index >= 15 is 0 Å². The van der Waals surface area contributed by atoms with E-state index in [0.29, 0.717) is 5.69 Å². The van der Waals surface area contributed by atoms with Crippen LogP contribution in [0.1, 0.15) is 0 Å². The zero-order valence-corrected chi connectivity index (χ0v) is 6.85. The van der Waals surface area contributed by atoms with E-state index in [-0.39, 0.29) is 5.75 Å². The van der Waals surface area contributed by atoms with Crippen molar-refractivity contribution in [1.29, 1.82) is 0 Å². The average Bonchev–Trinajstić information content (AvgIpc) is 2.02. The number of nitrogens with one attached hydrogen (secondary N) is 1. The normalized spacial score (nSPS) is 11.1. The molecule has 0 aliphatic heterocycles. The highest BCUT2D eigenvalue weighted by Crippen LogP contribution is 2.29. The van der Waals surface area contributed by atoms with Crippen LogP contribution in [-0.4, -0.2) is 13.4 Å². The highest BCUT2D eigenvalue weighted by molar-refractivity contribution is 5.55. The highest BCUT2D eigenvalue weighted by Gasteiger charge is 2.31. The molecule has 1 aromatic carbocycles. The third kappa shape index (κ3) is 2.85. The van der Waals surface area contributed by atoms with E-state index in [0.717, 1.165) is 0 Å². The molecule has 0 heterocycles. The summed E-state index contributed by atoms with van der Waals surface area (Å²) in [5, 5.41) is 2.59. The van der Waals surface area contributed by atoms with Crippen molar-refractivity contribution < 1.29 is 17.9 Å². The van der Waals surface area contributed by atoms with Crippen LogP contribution in [0.2, 0.25) is 0 Å². The second kappa shape index (κ2) is 3.55. The maximum absolute atomic E-state index is 11.8. The van der Waals surface area contributed by atoms with Crippen LogP contribution in [0.5, 0.6) is 5.75 Å². The van der Waals surface area contributed by atoms with E-state index in [9.17, 15) is 13.2 Å². The zero-order valence-electron chi connectivity index (χ0n) is 6.85. The Morgan fingerprint density at radius 1 is 1.23 bits per heavy atom. The Balaban J connectivity index is 2.87. The quantitative estimate of drug-likeness (QED) is 0.775. The molecule has 0 amide bonds. The van der Waals surface area contributed by atoms with Gasteiger partial charge in [0.1, 0.15) is 0 Å². The summed E-state index contributed by atoms with van der Waals surface area (Å²) in [6.45, 7) is 0. The van der Waals surface area contributed by atoms with Gasteiger partial charge in [-0.05, 0) is 12.1 Å². The maximum Gasteiger partial charge on any atom is 0.573 e. The zero-order chi connectivity index (χ0) is 9.90. The van der Waals surface area contributed by atoms with Gasteiger partial charge in [-0.25, -0.2) is 0 Å². The fourth-order valence-electron chi connectivity index (χ4n) is 0.887. The number of anilines is 1. The van der Waals surface area contributed by atoms with Crippen molar-refractivity contribution in [2.24, 2.45) is 0 Å². The lowest BCUT2D eigenvalue weighted by molar-refractivity contribution is -0.274. The van der Waals surface area contributed by atoms with Crippen LogP contribution in [-0.2, 0) is 0 Å². The second-order valence-corrected chi connectivity index (χ2v) is 2.29. The van der Waals surface area contributed by atoms with Crippen molar-refractivity contribution in [3.63, 3.8) is 0 Å². The van der Waals surface area contributed by atoms with Crippen LogP contribution in [0.3, 0.4) is 0 Å². The summed E-state index contributed by atoms with van der Waals surface area (Å²) in [5.41, 5.74) is 0.305. The van der Waals surface area contributed by atoms with Gasteiger partial charge in [-0.2, -0.15) is 0 Å². The molecule has 1 aromatic rings. The fraction of sp³-hybridized carbons (Fsp3) is 0.250. The first-order chi connectivity index (χ1) is 6.03. The number of hydrogen-bond donors (Lipinski definition) is 1. The molecule has 0 aliphatic carbocycles. The minimum Gasteiger partial charge on any atom is -0.404 e. The highest BCUT2D eigenvalue weighted by atomic mass is 19.4. The minimum atomic E-state index is -4.65. The Morgan fingerprint density at radius 3 is 2.38 bits per heavy atom. The smallest absolute Gasteiger partial charge is 0.404 e. The third-order valence-corrected chi connectivity index (χ3v) is 1.38. The molecule has 0 aromatic heterocycles. The third-order valence-electron chi connectivity index (χ3n) is 1.38. The summed E-state index contributed by atoms with van der Waals surface area (Å²) in [7, 11) is 1.53. The molecular weight excluding hydrogens is 183 g/mol. The number of halogens is 3. The predicted octanol–water partition coefficient (Wildman–Crippen LogP) is 2.63. The first-order valence-electron chi connectivity index (χ1n) is 3.55. The van der Waals surface area contributed by atoms with Gasteiger partial charge in [-0.3, -0.25) is 0 Å². The van der Waals surface area contributed by atoms with E-state index in [1.165, 1.54) is 25.2 Å². The van der Waals surface area contributed by atoms with Crippen LogP contribution in [0, 0.1) is 0 Å². The number of benzene rings is 1. The van der Waals surface area contributed by atoms with Crippen molar-refractivity contribution in [2.45, 2.75) is 6.36 Å². The lowest BCUT2D eigenvalue weighted by Crippen LogP contribution is -2.17. The first-order valence-corrected chi connectivity index (χ1v) is 3.55. The molecule has 2 nitrogen and oxygen atoms in total. The Morgan fingerprint density at radius 2 is 1.85 bits per heavy atom. The summed E-state index contributed by atoms with van der Waals surface area (Å²) in [6.07, 6.45) is -4.65. The van der Waals surface area contributed by atoms with E-state index in [2.05, 4.69) is 10.1 Å². The molecule has 72 valence electrons. The van der Waals surface area contributed by atoms with Crippen LogP contribution in [0.25, 0.3) is 0 Å². The van der Waals surface area contributed by atoms with E-state index < -0.39 is 6.36 Å². The first kappa shape index (κ1) is 9.70. The Labute approximate surface area is 73.3 Å². The van der Waals surface area contributed by atoms with Crippen molar-refractivity contribution in [3.8, 4) is 5.75 Å². The van der Waals surface area contributed by atoms with Crippen molar-refractivity contribution in [1.82, 2.24) is 0 Å². The Kier molecular flexibility index (Phi) is 2.65. The number of alkyl halides is 3. The van der Waals surface area contributed by atoms with Crippen molar-refractivity contribution in [3.05, 3.63) is 24.3 Å². The summed E-state index contributed by atoms with van der Waals surface area (Å²) in [5.74, 6) is -0.225. The summed E-state index contributed by atoms with van der Waals surface area (Å²) in [4.78, 5) is 0. The van der Waals surface area contributed by atoms with Gasteiger partial charge in [0.05, 0.1) is 5.69 Å². The second-order valence-electron chi connectivity index (χ2n) is 2.29. The van der Waals surface area contributed by atoms with Crippen LogP contribution < -0.4 is 10.1 Å². The molecule has 0 atom stereocenters. The summed E-state index contributed by atoms with van der Waals surface area (Å²) in [6, 6.07) is 5.84. The standard InChI is InChI=1S/C8H8F3NO/c1-12-6-4-2-3-5-7(6)13-8(9,10)11/h2-5,12H,1H3. The molecule has 0 aliphatic rings. The number of ether oxygens (including phenoxy) is 1. The maximum atomic E-state index is 11.8. The molecule has 1 N–H and O–H groups in total. The Bertz CT molecular complexity index is 285. The van der Waals surface area contributed by atoms with Crippen LogP contribution in [0.15, 0.2) is 24.3 Å². The Hall–Kier alpha value is -1.39. The molecule has 0 saturated heterocycles. The molecule has 5 heteroatoms. The van der Waals surface area contributed by atoms with E-state index in [1.54, 1.807) is 6.07 Å². The topological polar surface area (TPSA) is 21.3 Å². The molecule has 0 saturated carbocycles. The summed E-state index contributed by atoms with van der Waals surface area (Å²) >= 11 is 0. The van der Waals surface area contributed by atoms with Gasteiger partial charge >= 0.3 is 6.36 Å². The van der Waals surface area contributed by atoms with Gasteiger partial charge in [0.15, 0.2) is 5.75 Å². The molecule has 0 unspecified atom stereocenters. The molecule has 0 radical (unpaired) electrons. The lowest BCUT2D eigenvalue weighted by Gasteiger charge is -2.12. The lowest BCUT2D eigenvalue weighted by atomic mass is 10.3. The van der Waals surface area contributed by atoms with E-state index in [4.69, 9.17) is 0 Å². The fourth-order valence-corrected chi connectivity index (χ4v) is 0.887. The van der Waals surface area contributed by atoms with Gasteiger partial charge in [0.2, 0.25) is 0 Å². The van der Waals surface area contributed by atoms with Crippen LogP contribution >= 0.6 is 0 Å². The largest absolute Gasteiger partial charge is 0.573 e. The molecular formula is C8H8F3NO. The molecule has 1 rings (SSSR count). The average molecular weight is 191 g/mol. The molecule has 0 bridgehead atoms. The minimum absolute atomic E-state index is 0.225. The molecule has 0 spiro atoms. The molecule has 0 fully saturated rings.